The van der Waals surface area contributed by atoms with Gasteiger partial charge in [-0.1, -0.05) is 36.4 Å². The Kier molecular flexibility index (Phi) is 8.11. The fourth-order valence-electron chi connectivity index (χ4n) is 4.74. The van der Waals surface area contributed by atoms with Crippen molar-refractivity contribution in [3.8, 4) is 17.3 Å². The van der Waals surface area contributed by atoms with Crippen LogP contribution in [0, 0.1) is 17.1 Å². The van der Waals surface area contributed by atoms with Crippen LogP contribution in [-0.2, 0) is 6.18 Å². The summed E-state index contributed by atoms with van der Waals surface area (Å²) in [6.45, 7) is 2.77. The van der Waals surface area contributed by atoms with Crippen molar-refractivity contribution in [1.82, 2.24) is 15.1 Å². The third kappa shape index (κ3) is 5.62. The SMILES string of the molecule is CC1CN(c2nnc(-c3ccc(C#N)cc3)c3ccccc23)CCN1C(=O)Nc1ccc(F)cc1C(F)(F)F.Cl. The minimum absolute atomic E-state index is 0. The van der Waals surface area contributed by atoms with E-state index in [4.69, 9.17) is 5.26 Å². The first-order valence-corrected chi connectivity index (χ1v) is 12.1. The number of rotatable bonds is 3. The van der Waals surface area contributed by atoms with E-state index in [1.54, 1.807) is 19.1 Å². The summed E-state index contributed by atoms with van der Waals surface area (Å²) in [5.41, 5.74) is 0.283. The summed E-state index contributed by atoms with van der Waals surface area (Å²) < 4.78 is 53.6. The van der Waals surface area contributed by atoms with Crippen LogP contribution in [0.5, 0.6) is 0 Å². The number of aromatic nitrogens is 2. The zero-order chi connectivity index (χ0) is 27.7. The van der Waals surface area contributed by atoms with Gasteiger partial charge in [-0.15, -0.1) is 22.6 Å². The van der Waals surface area contributed by atoms with E-state index in [1.807, 2.05) is 41.3 Å². The highest BCUT2D eigenvalue weighted by Crippen LogP contribution is 2.36. The Bertz CT molecular complexity index is 1590. The molecule has 7 nitrogen and oxygen atoms in total. The average Bonchev–Trinajstić information content (AvgIpc) is 2.93. The lowest BCUT2D eigenvalue weighted by Crippen LogP contribution is -2.55. The van der Waals surface area contributed by atoms with Crippen LogP contribution >= 0.6 is 12.4 Å². The van der Waals surface area contributed by atoms with Crippen molar-refractivity contribution in [3.05, 3.63) is 83.7 Å². The topological polar surface area (TPSA) is 85.2 Å². The molecule has 1 N–H and O–H groups in total. The maximum absolute atomic E-state index is 13.4. The minimum atomic E-state index is -4.82. The molecule has 2 amide bonds. The number of halogens is 5. The molecule has 0 aliphatic carbocycles. The van der Waals surface area contributed by atoms with Crippen molar-refractivity contribution < 1.29 is 22.4 Å². The summed E-state index contributed by atoms with van der Waals surface area (Å²) >= 11 is 0. The van der Waals surface area contributed by atoms with E-state index in [0.29, 0.717) is 36.2 Å². The lowest BCUT2D eigenvalue weighted by molar-refractivity contribution is -0.137. The summed E-state index contributed by atoms with van der Waals surface area (Å²) in [5, 5.41) is 22.1. The van der Waals surface area contributed by atoms with E-state index in [9.17, 15) is 22.4 Å². The number of nitrogens with one attached hydrogen (secondary N) is 1. The van der Waals surface area contributed by atoms with Crippen molar-refractivity contribution in [2.24, 2.45) is 0 Å². The van der Waals surface area contributed by atoms with Crippen molar-refractivity contribution in [3.63, 3.8) is 0 Å². The van der Waals surface area contributed by atoms with Gasteiger partial charge in [0.15, 0.2) is 5.82 Å². The van der Waals surface area contributed by atoms with Crippen LogP contribution in [0.4, 0.5) is 33.9 Å². The molecule has 1 aliphatic heterocycles. The second-order valence-corrected chi connectivity index (χ2v) is 9.21. The molecule has 206 valence electrons. The molecule has 3 aromatic carbocycles. The molecule has 1 aliphatic rings. The van der Waals surface area contributed by atoms with E-state index < -0.39 is 29.3 Å². The van der Waals surface area contributed by atoms with Gasteiger partial charge in [-0.25, -0.2) is 9.18 Å². The normalized spacial score (nSPS) is 15.3. The molecule has 1 unspecified atom stereocenters. The maximum atomic E-state index is 13.4. The summed E-state index contributed by atoms with van der Waals surface area (Å²) in [6, 6.07) is 17.9. The van der Waals surface area contributed by atoms with Gasteiger partial charge in [-0.05, 0) is 37.3 Å². The Morgan fingerprint density at radius 2 is 1.73 bits per heavy atom. The number of alkyl halides is 3. The van der Waals surface area contributed by atoms with E-state index in [1.165, 1.54) is 4.90 Å². The minimum Gasteiger partial charge on any atom is -0.351 e. The predicted octanol–water partition coefficient (Wildman–Crippen LogP) is 6.49. The highest BCUT2D eigenvalue weighted by atomic mass is 35.5. The number of hydrogen-bond acceptors (Lipinski definition) is 5. The molecule has 4 aromatic rings. The fourth-order valence-corrected chi connectivity index (χ4v) is 4.74. The van der Waals surface area contributed by atoms with Gasteiger partial charge in [0.25, 0.3) is 0 Å². The molecule has 12 heteroatoms. The average molecular weight is 571 g/mol. The van der Waals surface area contributed by atoms with E-state index in [2.05, 4.69) is 21.6 Å². The molecule has 1 atom stereocenters. The highest BCUT2D eigenvalue weighted by Gasteiger charge is 2.36. The van der Waals surface area contributed by atoms with E-state index in [0.717, 1.165) is 28.5 Å². The molecule has 0 radical (unpaired) electrons. The number of carbonyl (C=O) groups is 1. The maximum Gasteiger partial charge on any atom is 0.418 e. The van der Waals surface area contributed by atoms with Gasteiger partial charge in [0, 0.05) is 42.0 Å². The number of benzene rings is 3. The Morgan fingerprint density at radius 1 is 1.02 bits per heavy atom. The van der Waals surface area contributed by atoms with E-state index >= 15 is 0 Å². The molecule has 0 bridgehead atoms. The third-order valence-electron chi connectivity index (χ3n) is 6.67. The lowest BCUT2D eigenvalue weighted by Gasteiger charge is -2.40. The molecular weight excluding hydrogens is 548 g/mol. The van der Waals surface area contributed by atoms with Gasteiger partial charge in [0.1, 0.15) is 11.5 Å². The molecule has 1 saturated heterocycles. The molecule has 2 heterocycles. The van der Waals surface area contributed by atoms with Crippen LogP contribution in [0.15, 0.2) is 66.7 Å². The summed E-state index contributed by atoms with van der Waals surface area (Å²) in [6.07, 6.45) is -4.82. The zero-order valence-corrected chi connectivity index (χ0v) is 21.9. The number of nitriles is 1. The summed E-state index contributed by atoms with van der Waals surface area (Å²) in [5.74, 6) is -0.409. The Labute approximate surface area is 233 Å². The van der Waals surface area contributed by atoms with Crippen LogP contribution in [0.3, 0.4) is 0 Å². The lowest BCUT2D eigenvalue weighted by atomic mass is 10.0. The van der Waals surface area contributed by atoms with Crippen LogP contribution < -0.4 is 10.2 Å². The smallest absolute Gasteiger partial charge is 0.351 e. The second-order valence-electron chi connectivity index (χ2n) is 9.21. The quantitative estimate of drug-likeness (QED) is 0.285. The first kappa shape index (κ1) is 28.6. The second kappa shape index (κ2) is 11.4. The van der Waals surface area contributed by atoms with Crippen LogP contribution in [-0.4, -0.2) is 46.8 Å². The Balaban J connectivity index is 0.00000370. The largest absolute Gasteiger partial charge is 0.418 e. The van der Waals surface area contributed by atoms with Crippen molar-refractivity contribution in [2.75, 3.05) is 29.9 Å². The van der Waals surface area contributed by atoms with E-state index in [-0.39, 0.29) is 25.0 Å². The molecule has 0 spiro atoms. The number of amides is 2. The van der Waals surface area contributed by atoms with Crippen molar-refractivity contribution in [1.29, 1.82) is 5.26 Å². The zero-order valence-electron chi connectivity index (χ0n) is 21.1. The molecule has 1 fully saturated rings. The van der Waals surface area contributed by atoms with Gasteiger partial charge in [-0.2, -0.15) is 18.4 Å². The molecular formula is C28H23ClF4N6O. The first-order chi connectivity index (χ1) is 18.7. The number of hydrogen-bond donors (Lipinski definition) is 1. The standard InChI is InChI=1S/C28H22F4N6O.ClH/c1-17-16-37(12-13-38(17)27(39)34-24-11-10-20(29)14-23(24)28(30,31)32)26-22-5-3-2-4-21(22)25(35-36-26)19-8-6-18(15-33)7-9-19;/h2-11,14,17H,12-13,16H2,1H3,(H,34,39);1H. The number of carbonyl (C=O) groups excluding carboxylic acids is 1. The van der Waals surface area contributed by atoms with Gasteiger partial charge in [0.2, 0.25) is 0 Å². The number of urea groups is 1. The first-order valence-electron chi connectivity index (χ1n) is 12.1. The van der Waals surface area contributed by atoms with Crippen LogP contribution in [0.2, 0.25) is 0 Å². The number of piperazine rings is 1. The van der Waals surface area contributed by atoms with Crippen molar-refractivity contribution >= 4 is 40.7 Å². The van der Waals surface area contributed by atoms with Gasteiger partial charge >= 0.3 is 12.2 Å². The summed E-state index contributed by atoms with van der Waals surface area (Å²) in [4.78, 5) is 16.4. The molecule has 1 aromatic heterocycles. The predicted molar refractivity (Wildman–Crippen MR) is 146 cm³/mol. The summed E-state index contributed by atoms with van der Waals surface area (Å²) in [7, 11) is 0. The monoisotopic (exact) mass is 570 g/mol. The third-order valence-corrected chi connectivity index (χ3v) is 6.67. The Hall–Kier alpha value is -4.43. The number of nitrogens with zero attached hydrogens (tertiary/aromatic N) is 5. The van der Waals surface area contributed by atoms with Gasteiger partial charge in [0.05, 0.1) is 22.9 Å². The molecule has 0 saturated carbocycles. The molecule has 40 heavy (non-hydrogen) atoms. The van der Waals surface area contributed by atoms with Gasteiger partial charge < -0.3 is 15.1 Å². The van der Waals surface area contributed by atoms with Crippen LogP contribution in [0.1, 0.15) is 18.1 Å². The number of fused-ring (bicyclic) bond motifs is 1. The van der Waals surface area contributed by atoms with Crippen LogP contribution in [0.25, 0.3) is 22.0 Å². The molecule has 5 rings (SSSR count). The van der Waals surface area contributed by atoms with Crippen molar-refractivity contribution in [2.45, 2.75) is 19.1 Å². The Morgan fingerprint density at radius 3 is 2.38 bits per heavy atom. The fraction of sp³-hybridized carbons (Fsp3) is 0.214. The number of anilines is 2. The van der Waals surface area contributed by atoms with Gasteiger partial charge in [-0.3, -0.25) is 0 Å². The highest BCUT2D eigenvalue weighted by molar-refractivity contribution is 6.00.